The Labute approximate surface area is 147 Å². The summed E-state index contributed by atoms with van der Waals surface area (Å²) in [5, 5.41) is 12.4. The van der Waals surface area contributed by atoms with Gasteiger partial charge in [0.15, 0.2) is 0 Å². The summed E-state index contributed by atoms with van der Waals surface area (Å²) in [5.74, 6) is -1.21. The van der Waals surface area contributed by atoms with Crippen molar-refractivity contribution in [1.82, 2.24) is 4.72 Å². The van der Waals surface area contributed by atoms with Crippen LogP contribution in [0.2, 0.25) is 0 Å². The van der Waals surface area contributed by atoms with Crippen molar-refractivity contribution in [3.63, 3.8) is 0 Å². The first-order valence-corrected chi connectivity index (χ1v) is 9.56. The van der Waals surface area contributed by atoms with Crippen molar-refractivity contribution in [1.29, 1.82) is 0 Å². The molecule has 1 aromatic rings. The standard InChI is InChI=1S/C16H24N2O6S/c1-11(10-23-2)18-15-6-5-13(8-14(15)16(19)20)25(21,22)17-9-12-4-3-7-24-12/h5-6,8,11-12,17-18H,3-4,7,9-10H2,1-2H3,(H,19,20)/t11-,12+/m1/s1. The second-order valence-corrected chi connectivity index (χ2v) is 7.77. The van der Waals surface area contributed by atoms with E-state index < -0.39 is 16.0 Å². The van der Waals surface area contributed by atoms with E-state index in [9.17, 15) is 18.3 Å². The Morgan fingerprint density at radius 2 is 2.24 bits per heavy atom. The molecule has 1 aliphatic heterocycles. The number of ether oxygens (including phenoxy) is 2. The van der Waals surface area contributed by atoms with Crippen LogP contribution in [0.1, 0.15) is 30.1 Å². The Hall–Kier alpha value is -1.68. The third-order valence-electron chi connectivity index (χ3n) is 3.88. The number of hydrogen-bond acceptors (Lipinski definition) is 6. The van der Waals surface area contributed by atoms with Gasteiger partial charge >= 0.3 is 5.97 Å². The number of carboxylic acids is 1. The van der Waals surface area contributed by atoms with Crippen molar-refractivity contribution in [2.45, 2.75) is 36.8 Å². The Morgan fingerprint density at radius 3 is 2.84 bits per heavy atom. The van der Waals surface area contributed by atoms with Gasteiger partial charge in [0.25, 0.3) is 0 Å². The maximum Gasteiger partial charge on any atom is 0.337 e. The summed E-state index contributed by atoms with van der Waals surface area (Å²) in [6.07, 6.45) is 1.59. The molecule has 2 atom stereocenters. The maximum absolute atomic E-state index is 12.4. The van der Waals surface area contributed by atoms with E-state index in [2.05, 4.69) is 10.0 Å². The molecule has 2 rings (SSSR count). The molecule has 1 aliphatic rings. The first kappa shape index (κ1) is 19.6. The minimum Gasteiger partial charge on any atom is -0.478 e. The number of hydrogen-bond donors (Lipinski definition) is 3. The number of nitrogens with one attached hydrogen (secondary N) is 2. The highest BCUT2D eigenvalue weighted by molar-refractivity contribution is 7.89. The third-order valence-corrected chi connectivity index (χ3v) is 5.30. The predicted octanol–water partition coefficient (Wildman–Crippen LogP) is 1.29. The van der Waals surface area contributed by atoms with Gasteiger partial charge in [0, 0.05) is 32.0 Å². The largest absolute Gasteiger partial charge is 0.478 e. The third kappa shape index (κ3) is 5.40. The summed E-state index contributed by atoms with van der Waals surface area (Å²) in [6.45, 7) is 3.04. The van der Waals surface area contributed by atoms with Gasteiger partial charge in [-0.2, -0.15) is 0 Å². The van der Waals surface area contributed by atoms with E-state index in [1.54, 1.807) is 7.11 Å². The zero-order chi connectivity index (χ0) is 18.4. The average Bonchev–Trinajstić information content (AvgIpc) is 3.06. The first-order valence-electron chi connectivity index (χ1n) is 8.07. The van der Waals surface area contributed by atoms with Crippen LogP contribution in [-0.4, -0.2) is 58.5 Å². The molecular formula is C16H24N2O6S. The van der Waals surface area contributed by atoms with E-state index in [-0.39, 0.29) is 29.1 Å². The number of benzene rings is 1. The second-order valence-electron chi connectivity index (χ2n) is 6.00. The SMILES string of the molecule is COC[C@@H](C)Nc1ccc(S(=O)(=O)NC[C@@H]2CCCO2)cc1C(=O)O. The number of carboxylic acid groups (broad SMARTS) is 1. The Kier molecular flexibility index (Phi) is 6.77. The molecule has 1 fully saturated rings. The first-order chi connectivity index (χ1) is 11.8. The van der Waals surface area contributed by atoms with Crippen molar-refractivity contribution in [2.75, 3.05) is 32.2 Å². The van der Waals surface area contributed by atoms with Crippen LogP contribution in [0.15, 0.2) is 23.1 Å². The molecular weight excluding hydrogens is 348 g/mol. The fourth-order valence-electron chi connectivity index (χ4n) is 2.64. The highest BCUT2D eigenvalue weighted by Crippen LogP contribution is 2.22. The van der Waals surface area contributed by atoms with E-state index in [4.69, 9.17) is 9.47 Å². The molecule has 0 radical (unpaired) electrons. The van der Waals surface area contributed by atoms with Crippen molar-refractivity contribution in [3.05, 3.63) is 23.8 Å². The highest BCUT2D eigenvalue weighted by Gasteiger charge is 2.22. The minimum atomic E-state index is -3.81. The van der Waals surface area contributed by atoms with Crippen LogP contribution in [0.3, 0.4) is 0 Å². The van der Waals surface area contributed by atoms with Gasteiger partial charge in [-0.15, -0.1) is 0 Å². The molecule has 140 valence electrons. The molecule has 0 amide bonds. The molecule has 0 saturated carbocycles. The quantitative estimate of drug-likeness (QED) is 0.598. The van der Waals surface area contributed by atoms with E-state index in [0.717, 1.165) is 18.9 Å². The zero-order valence-corrected chi connectivity index (χ0v) is 15.1. The fourth-order valence-corrected chi connectivity index (χ4v) is 3.73. The fraction of sp³-hybridized carbons (Fsp3) is 0.562. The molecule has 3 N–H and O–H groups in total. The summed E-state index contributed by atoms with van der Waals surface area (Å²) in [4.78, 5) is 11.4. The van der Waals surface area contributed by atoms with Gasteiger partial charge in [-0.1, -0.05) is 0 Å². The van der Waals surface area contributed by atoms with Crippen LogP contribution in [0.25, 0.3) is 0 Å². The Morgan fingerprint density at radius 1 is 1.48 bits per heavy atom. The molecule has 0 spiro atoms. The number of methoxy groups -OCH3 is 1. The van der Waals surface area contributed by atoms with Gasteiger partial charge in [-0.25, -0.2) is 17.9 Å². The summed E-state index contributed by atoms with van der Waals surface area (Å²) >= 11 is 0. The number of anilines is 1. The number of rotatable bonds is 9. The lowest BCUT2D eigenvalue weighted by Gasteiger charge is -2.17. The zero-order valence-electron chi connectivity index (χ0n) is 14.3. The molecule has 1 saturated heterocycles. The van der Waals surface area contributed by atoms with Gasteiger partial charge in [0.2, 0.25) is 10.0 Å². The van der Waals surface area contributed by atoms with E-state index in [1.807, 2.05) is 6.92 Å². The molecule has 9 heteroatoms. The van der Waals surface area contributed by atoms with Gasteiger partial charge in [-0.05, 0) is 38.0 Å². The molecule has 0 aromatic heterocycles. The molecule has 25 heavy (non-hydrogen) atoms. The molecule has 0 aliphatic carbocycles. The number of aromatic carboxylic acids is 1. The predicted molar refractivity (Wildman–Crippen MR) is 92.5 cm³/mol. The minimum absolute atomic E-state index is 0.0900. The molecule has 1 heterocycles. The molecule has 0 bridgehead atoms. The lowest BCUT2D eigenvalue weighted by Crippen LogP contribution is -2.32. The maximum atomic E-state index is 12.4. The number of sulfonamides is 1. The normalized spacial score (nSPS) is 18.9. The van der Waals surface area contributed by atoms with Crippen LogP contribution < -0.4 is 10.0 Å². The lowest BCUT2D eigenvalue weighted by molar-refractivity contribution is 0.0697. The van der Waals surface area contributed by atoms with Crippen LogP contribution in [0, 0.1) is 0 Å². The summed E-state index contributed by atoms with van der Waals surface area (Å²) in [6, 6.07) is 3.87. The van der Waals surface area contributed by atoms with Crippen molar-refractivity contribution in [3.8, 4) is 0 Å². The molecule has 0 unspecified atom stereocenters. The van der Waals surface area contributed by atoms with E-state index >= 15 is 0 Å². The second kappa shape index (κ2) is 8.61. The molecule has 1 aromatic carbocycles. The van der Waals surface area contributed by atoms with E-state index in [1.165, 1.54) is 12.1 Å². The highest BCUT2D eigenvalue weighted by atomic mass is 32.2. The van der Waals surface area contributed by atoms with Crippen LogP contribution in [-0.2, 0) is 19.5 Å². The number of carbonyl (C=O) groups is 1. The smallest absolute Gasteiger partial charge is 0.337 e. The summed E-state index contributed by atoms with van der Waals surface area (Å²) < 4.78 is 37.7. The van der Waals surface area contributed by atoms with Crippen LogP contribution >= 0.6 is 0 Å². The van der Waals surface area contributed by atoms with E-state index in [0.29, 0.717) is 18.9 Å². The van der Waals surface area contributed by atoms with Crippen molar-refractivity contribution >= 4 is 21.7 Å². The van der Waals surface area contributed by atoms with Gasteiger partial charge in [0.05, 0.1) is 23.2 Å². The van der Waals surface area contributed by atoms with Crippen LogP contribution in [0.5, 0.6) is 0 Å². The average molecular weight is 372 g/mol. The van der Waals surface area contributed by atoms with Crippen molar-refractivity contribution in [2.24, 2.45) is 0 Å². The van der Waals surface area contributed by atoms with Gasteiger partial charge < -0.3 is 19.9 Å². The Balaban J connectivity index is 2.17. The Bertz CT molecular complexity index is 701. The molecule has 8 nitrogen and oxygen atoms in total. The van der Waals surface area contributed by atoms with Crippen molar-refractivity contribution < 1.29 is 27.8 Å². The lowest BCUT2D eigenvalue weighted by atomic mass is 10.1. The monoisotopic (exact) mass is 372 g/mol. The topological polar surface area (TPSA) is 114 Å². The van der Waals surface area contributed by atoms with Gasteiger partial charge in [0.1, 0.15) is 0 Å². The summed E-state index contributed by atoms with van der Waals surface area (Å²) in [7, 11) is -2.26. The van der Waals surface area contributed by atoms with Gasteiger partial charge in [-0.3, -0.25) is 0 Å². The summed E-state index contributed by atoms with van der Waals surface area (Å²) in [5.41, 5.74) is 0.234. The van der Waals surface area contributed by atoms with Crippen LogP contribution in [0.4, 0.5) is 5.69 Å².